The molecule has 36 heavy (non-hydrogen) atoms. The van der Waals surface area contributed by atoms with Gasteiger partial charge in [-0.2, -0.15) is 0 Å². The molecule has 7 nitrogen and oxygen atoms in total. The lowest BCUT2D eigenvalue weighted by molar-refractivity contribution is -0.0506. The van der Waals surface area contributed by atoms with Gasteiger partial charge in [0.2, 0.25) is 0 Å². The predicted molar refractivity (Wildman–Crippen MR) is 140 cm³/mol. The van der Waals surface area contributed by atoms with Crippen molar-refractivity contribution in [3.63, 3.8) is 0 Å². The molecule has 0 saturated carbocycles. The number of fused-ring (bicyclic) bond motifs is 1. The van der Waals surface area contributed by atoms with Gasteiger partial charge in [0.25, 0.3) is 0 Å². The number of hydrogen-bond acceptors (Lipinski definition) is 7. The van der Waals surface area contributed by atoms with Crippen molar-refractivity contribution in [1.82, 2.24) is 14.9 Å². The quantitative estimate of drug-likeness (QED) is 0.306. The highest BCUT2D eigenvalue weighted by Crippen LogP contribution is 2.35. The van der Waals surface area contributed by atoms with E-state index in [4.69, 9.17) is 14.2 Å². The first kappa shape index (κ1) is 24.4. The fourth-order valence-corrected chi connectivity index (χ4v) is 4.54. The van der Waals surface area contributed by atoms with Crippen LogP contribution in [-0.4, -0.2) is 54.4 Å². The monoisotopic (exact) mass is 552 g/mol. The van der Waals surface area contributed by atoms with E-state index in [2.05, 4.69) is 60.4 Å². The van der Waals surface area contributed by atoms with Crippen molar-refractivity contribution in [2.24, 2.45) is 0 Å². The van der Waals surface area contributed by atoms with Crippen LogP contribution in [0.1, 0.15) is 5.56 Å². The van der Waals surface area contributed by atoms with Crippen molar-refractivity contribution in [2.45, 2.75) is 12.6 Å². The Bertz CT molecular complexity index is 1340. The van der Waals surface area contributed by atoms with E-state index in [1.54, 1.807) is 25.3 Å². The Morgan fingerprint density at radius 2 is 1.97 bits per heavy atom. The Morgan fingerprint density at radius 3 is 2.78 bits per heavy atom. The molecule has 1 saturated heterocycles. The molecule has 1 atom stereocenters. The van der Waals surface area contributed by atoms with Gasteiger partial charge in [0.1, 0.15) is 30.7 Å². The number of aromatic nitrogens is 2. The molecular formula is C27H26BrFN4O3. The highest BCUT2D eigenvalue weighted by molar-refractivity contribution is 9.10. The van der Waals surface area contributed by atoms with Crippen molar-refractivity contribution >= 4 is 38.3 Å². The molecule has 1 aliphatic rings. The molecule has 1 fully saturated rings. The Hall–Kier alpha value is -3.27. The number of methoxy groups -OCH3 is 1. The summed E-state index contributed by atoms with van der Waals surface area (Å²) in [5.74, 6) is 1.18. The molecule has 9 heteroatoms. The van der Waals surface area contributed by atoms with Gasteiger partial charge in [0.15, 0.2) is 11.5 Å². The molecule has 1 aliphatic heterocycles. The van der Waals surface area contributed by atoms with E-state index in [-0.39, 0.29) is 6.10 Å². The third kappa shape index (κ3) is 5.75. The van der Waals surface area contributed by atoms with Crippen molar-refractivity contribution in [3.05, 3.63) is 82.8 Å². The Morgan fingerprint density at radius 1 is 1.11 bits per heavy atom. The third-order valence-corrected chi connectivity index (χ3v) is 6.49. The Labute approximate surface area is 217 Å². The van der Waals surface area contributed by atoms with Crippen LogP contribution in [0.15, 0.2) is 71.5 Å². The SMILES string of the molecule is COc1cc2c(Nc3ccc(Br)cc3F)ncnc2cc1OCC1CN(Cc2ccccc2)CCO1. The molecule has 0 aliphatic carbocycles. The zero-order valence-corrected chi connectivity index (χ0v) is 21.4. The minimum Gasteiger partial charge on any atom is -0.493 e. The van der Waals surface area contributed by atoms with Crippen LogP contribution in [0, 0.1) is 5.82 Å². The molecule has 1 unspecified atom stereocenters. The molecule has 0 amide bonds. The number of morpholine rings is 1. The number of ether oxygens (including phenoxy) is 3. The Kier molecular flexibility index (Phi) is 7.60. The van der Waals surface area contributed by atoms with Crippen LogP contribution in [0.2, 0.25) is 0 Å². The summed E-state index contributed by atoms with van der Waals surface area (Å²) in [4.78, 5) is 11.1. The highest BCUT2D eigenvalue weighted by atomic mass is 79.9. The molecular weight excluding hydrogens is 527 g/mol. The second-order valence-corrected chi connectivity index (χ2v) is 9.43. The fraction of sp³-hybridized carbons (Fsp3) is 0.259. The van der Waals surface area contributed by atoms with Gasteiger partial charge in [-0.3, -0.25) is 4.90 Å². The summed E-state index contributed by atoms with van der Waals surface area (Å²) in [5, 5.41) is 3.74. The van der Waals surface area contributed by atoms with Gasteiger partial charge in [-0.1, -0.05) is 46.3 Å². The average molecular weight is 553 g/mol. The van der Waals surface area contributed by atoms with Crippen LogP contribution >= 0.6 is 15.9 Å². The number of hydrogen-bond donors (Lipinski definition) is 1. The molecule has 0 radical (unpaired) electrons. The number of anilines is 2. The molecule has 5 rings (SSSR count). The second kappa shape index (κ2) is 11.2. The zero-order valence-electron chi connectivity index (χ0n) is 19.8. The standard InChI is InChI=1S/C27H26BrFN4O3/c1-34-25-12-21-24(30-17-31-27(21)32-23-8-7-19(28)11-22(23)29)13-26(25)36-16-20-15-33(9-10-35-20)14-18-5-3-2-4-6-18/h2-8,11-13,17,20H,9-10,14-16H2,1H3,(H,30,31,32). The van der Waals surface area contributed by atoms with Gasteiger partial charge >= 0.3 is 0 Å². The predicted octanol–water partition coefficient (Wildman–Crippen LogP) is 5.56. The number of rotatable bonds is 8. The van der Waals surface area contributed by atoms with E-state index in [0.717, 1.165) is 19.6 Å². The zero-order chi connectivity index (χ0) is 24.9. The van der Waals surface area contributed by atoms with Crippen molar-refractivity contribution < 1.29 is 18.6 Å². The van der Waals surface area contributed by atoms with Gasteiger partial charge in [-0.25, -0.2) is 14.4 Å². The summed E-state index contributed by atoms with van der Waals surface area (Å²) in [5.41, 5.74) is 2.24. The third-order valence-electron chi connectivity index (χ3n) is 6.00. The van der Waals surface area contributed by atoms with E-state index in [9.17, 15) is 4.39 Å². The van der Waals surface area contributed by atoms with Crippen LogP contribution in [-0.2, 0) is 11.3 Å². The van der Waals surface area contributed by atoms with Crippen LogP contribution in [0.5, 0.6) is 11.5 Å². The maximum Gasteiger partial charge on any atom is 0.163 e. The molecule has 1 aromatic heterocycles. The van der Waals surface area contributed by atoms with Crippen LogP contribution in [0.4, 0.5) is 15.9 Å². The minimum atomic E-state index is -0.392. The molecule has 0 bridgehead atoms. The lowest BCUT2D eigenvalue weighted by Gasteiger charge is -2.32. The van der Waals surface area contributed by atoms with Gasteiger partial charge in [-0.05, 0) is 29.8 Å². The number of benzene rings is 3. The first-order chi connectivity index (χ1) is 17.6. The smallest absolute Gasteiger partial charge is 0.163 e. The lowest BCUT2D eigenvalue weighted by atomic mass is 10.2. The largest absolute Gasteiger partial charge is 0.493 e. The first-order valence-corrected chi connectivity index (χ1v) is 12.4. The van der Waals surface area contributed by atoms with Gasteiger partial charge in [0, 0.05) is 35.6 Å². The normalized spacial score (nSPS) is 16.1. The number of halogens is 2. The minimum absolute atomic E-state index is 0.0640. The highest BCUT2D eigenvalue weighted by Gasteiger charge is 2.22. The number of nitrogens with one attached hydrogen (secondary N) is 1. The second-order valence-electron chi connectivity index (χ2n) is 8.52. The van der Waals surface area contributed by atoms with E-state index in [1.807, 2.05) is 12.1 Å². The average Bonchev–Trinajstić information content (AvgIpc) is 2.89. The molecule has 186 valence electrons. The summed E-state index contributed by atoms with van der Waals surface area (Å²) in [6.45, 7) is 3.58. The van der Waals surface area contributed by atoms with E-state index >= 15 is 0 Å². The molecule has 0 spiro atoms. The lowest BCUT2D eigenvalue weighted by Crippen LogP contribution is -2.44. The maximum absolute atomic E-state index is 14.4. The van der Waals surface area contributed by atoms with Gasteiger partial charge in [0.05, 0.1) is 24.9 Å². The van der Waals surface area contributed by atoms with E-state index in [1.165, 1.54) is 18.0 Å². The maximum atomic E-state index is 14.4. The van der Waals surface area contributed by atoms with Crippen molar-refractivity contribution in [2.75, 3.05) is 38.7 Å². The topological polar surface area (TPSA) is 68.7 Å². The van der Waals surface area contributed by atoms with Crippen LogP contribution in [0.3, 0.4) is 0 Å². The number of nitrogens with zero attached hydrogens (tertiary/aromatic N) is 3. The first-order valence-electron chi connectivity index (χ1n) is 11.6. The van der Waals surface area contributed by atoms with E-state index < -0.39 is 5.82 Å². The fourth-order valence-electron chi connectivity index (χ4n) is 4.20. The van der Waals surface area contributed by atoms with Gasteiger partial charge in [-0.15, -0.1) is 0 Å². The van der Waals surface area contributed by atoms with E-state index in [0.29, 0.717) is 51.6 Å². The summed E-state index contributed by atoms with van der Waals surface area (Å²) in [6.07, 6.45) is 1.37. The molecule has 4 aromatic rings. The molecule has 2 heterocycles. The summed E-state index contributed by atoms with van der Waals surface area (Å²) in [6, 6.07) is 18.8. The van der Waals surface area contributed by atoms with Crippen molar-refractivity contribution in [1.29, 1.82) is 0 Å². The van der Waals surface area contributed by atoms with Crippen LogP contribution < -0.4 is 14.8 Å². The molecule has 3 aromatic carbocycles. The van der Waals surface area contributed by atoms with Gasteiger partial charge < -0.3 is 19.5 Å². The molecule has 1 N–H and O–H groups in total. The summed E-state index contributed by atoms with van der Waals surface area (Å²) < 4.78 is 32.7. The van der Waals surface area contributed by atoms with Crippen LogP contribution in [0.25, 0.3) is 10.9 Å². The Balaban J connectivity index is 1.30. The summed E-state index contributed by atoms with van der Waals surface area (Å²) >= 11 is 3.27. The van der Waals surface area contributed by atoms with Crippen molar-refractivity contribution in [3.8, 4) is 11.5 Å². The summed E-state index contributed by atoms with van der Waals surface area (Å²) in [7, 11) is 1.58.